The van der Waals surface area contributed by atoms with Crippen LogP contribution in [0.5, 0.6) is 11.5 Å². The summed E-state index contributed by atoms with van der Waals surface area (Å²) in [5.74, 6) is 1.76. The predicted molar refractivity (Wildman–Crippen MR) is 105 cm³/mol. The van der Waals surface area contributed by atoms with E-state index in [1.807, 2.05) is 54.6 Å². The van der Waals surface area contributed by atoms with Gasteiger partial charge in [0.15, 0.2) is 17.3 Å². The summed E-state index contributed by atoms with van der Waals surface area (Å²) in [7, 11) is 0. The Kier molecular flexibility index (Phi) is 4.25. The van der Waals surface area contributed by atoms with Crippen LogP contribution in [-0.2, 0) is 6.54 Å². The van der Waals surface area contributed by atoms with Crippen molar-refractivity contribution in [3.05, 3.63) is 84.3 Å². The SMILES string of the molecule is O=C(NCc1ccc2c(c1)OCO2)c1cc(-c2ccco2)nn1-c1ccccc1. The van der Waals surface area contributed by atoms with Crippen LogP contribution < -0.4 is 14.8 Å². The number of furan rings is 1. The molecule has 2 aromatic carbocycles. The van der Waals surface area contributed by atoms with E-state index in [0.717, 1.165) is 11.3 Å². The minimum absolute atomic E-state index is 0.219. The summed E-state index contributed by atoms with van der Waals surface area (Å²) in [5.41, 5.74) is 2.72. The first-order valence-corrected chi connectivity index (χ1v) is 9.14. The van der Waals surface area contributed by atoms with E-state index in [0.29, 0.717) is 35.2 Å². The normalized spacial score (nSPS) is 12.1. The molecule has 0 spiro atoms. The van der Waals surface area contributed by atoms with Gasteiger partial charge in [-0.05, 0) is 42.0 Å². The summed E-state index contributed by atoms with van der Waals surface area (Å²) < 4.78 is 17.8. The van der Waals surface area contributed by atoms with Crippen molar-refractivity contribution in [2.24, 2.45) is 0 Å². The average molecular weight is 387 g/mol. The number of carbonyl (C=O) groups is 1. The lowest BCUT2D eigenvalue weighted by Crippen LogP contribution is -2.25. The van der Waals surface area contributed by atoms with Gasteiger partial charge in [-0.15, -0.1) is 0 Å². The number of rotatable bonds is 5. The fourth-order valence-electron chi connectivity index (χ4n) is 3.18. The number of benzene rings is 2. The van der Waals surface area contributed by atoms with Gasteiger partial charge in [-0.25, -0.2) is 4.68 Å². The maximum atomic E-state index is 13.0. The van der Waals surface area contributed by atoms with Crippen LogP contribution in [0.15, 0.2) is 77.4 Å². The monoisotopic (exact) mass is 387 g/mol. The van der Waals surface area contributed by atoms with Crippen LogP contribution in [0.2, 0.25) is 0 Å². The number of hydrogen-bond acceptors (Lipinski definition) is 5. The molecule has 0 saturated carbocycles. The zero-order valence-corrected chi connectivity index (χ0v) is 15.4. The summed E-state index contributed by atoms with van der Waals surface area (Å²) >= 11 is 0. The second kappa shape index (κ2) is 7.20. The molecule has 0 bridgehead atoms. The number of hydrogen-bond donors (Lipinski definition) is 1. The number of nitrogens with one attached hydrogen (secondary N) is 1. The van der Waals surface area contributed by atoms with E-state index >= 15 is 0 Å². The molecule has 29 heavy (non-hydrogen) atoms. The van der Waals surface area contributed by atoms with E-state index in [4.69, 9.17) is 13.9 Å². The van der Waals surface area contributed by atoms with Gasteiger partial charge in [0.25, 0.3) is 5.91 Å². The fraction of sp³-hybridized carbons (Fsp3) is 0.0909. The molecule has 0 saturated heterocycles. The molecule has 0 radical (unpaired) electrons. The molecule has 0 unspecified atom stereocenters. The molecule has 2 aromatic heterocycles. The van der Waals surface area contributed by atoms with E-state index in [1.165, 1.54) is 0 Å². The molecule has 1 amide bonds. The third kappa shape index (κ3) is 3.34. The van der Waals surface area contributed by atoms with Crippen molar-refractivity contribution in [1.82, 2.24) is 15.1 Å². The Morgan fingerprint density at radius 2 is 1.86 bits per heavy atom. The van der Waals surface area contributed by atoms with Crippen molar-refractivity contribution in [2.75, 3.05) is 6.79 Å². The minimum atomic E-state index is -0.239. The molecule has 7 heteroatoms. The van der Waals surface area contributed by atoms with Gasteiger partial charge in [0.2, 0.25) is 6.79 Å². The summed E-state index contributed by atoms with van der Waals surface area (Å²) in [6.07, 6.45) is 1.58. The first-order valence-electron chi connectivity index (χ1n) is 9.14. The summed E-state index contributed by atoms with van der Waals surface area (Å²) in [6.45, 7) is 0.572. The van der Waals surface area contributed by atoms with Crippen LogP contribution in [0.4, 0.5) is 0 Å². The average Bonchev–Trinajstić information content (AvgIpc) is 3.52. The molecule has 1 N–H and O–H groups in total. The van der Waals surface area contributed by atoms with Crippen LogP contribution in [0.3, 0.4) is 0 Å². The van der Waals surface area contributed by atoms with Gasteiger partial charge < -0.3 is 19.2 Å². The Hall–Kier alpha value is -4.00. The summed E-state index contributed by atoms with van der Waals surface area (Å²) in [4.78, 5) is 13.0. The molecular formula is C22H17N3O4. The Morgan fingerprint density at radius 1 is 1.00 bits per heavy atom. The van der Waals surface area contributed by atoms with Crippen LogP contribution >= 0.6 is 0 Å². The van der Waals surface area contributed by atoms with E-state index < -0.39 is 0 Å². The van der Waals surface area contributed by atoms with Gasteiger partial charge in [-0.1, -0.05) is 24.3 Å². The molecule has 5 rings (SSSR count). The van der Waals surface area contributed by atoms with Crippen LogP contribution in [-0.4, -0.2) is 22.5 Å². The molecule has 0 atom stereocenters. The molecule has 0 aliphatic carbocycles. The van der Waals surface area contributed by atoms with Crippen molar-refractivity contribution < 1.29 is 18.7 Å². The van der Waals surface area contributed by atoms with E-state index in [1.54, 1.807) is 23.1 Å². The van der Waals surface area contributed by atoms with Gasteiger partial charge in [-0.3, -0.25) is 4.79 Å². The zero-order valence-electron chi connectivity index (χ0n) is 15.4. The van der Waals surface area contributed by atoms with Gasteiger partial charge in [0.05, 0.1) is 12.0 Å². The van der Waals surface area contributed by atoms with Gasteiger partial charge >= 0.3 is 0 Å². The summed E-state index contributed by atoms with van der Waals surface area (Å²) in [5, 5.41) is 7.52. The smallest absolute Gasteiger partial charge is 0.270 e. The highest BCUT2D eigenvalue weighted by molar-refractivity contribution is 5.94. The van der Waals surface area contributed by atoms with Gasteiger partial charge in [-0.2, -0.15) is 5.10 Å². The first-order chi connectivity index (χ1) is 14.3. The fourth-order valence-corrected chi connectivity index (χ4v) is 3.18. The largest absolute Gasteiger partial charge is 0.463 e. The highest BCUT2D eigenvalue weighted by atomic mass is 16.7. The van der Waals surface area contributed by atoms with Crippen LogP contribution in [0, 0.1) is 0 Å². The number of para-hydroxylation sites is 1. The van der Waals surface area contributed by atoms with E-state index in [-0.39, 0.29) is 12.7 Å². The molecular weight excluding hydrogens is 370 g/mol. The Labute approximate surface area is 166 Å². The van der Waals surface area contributed by atoms with Gasteiger partial charge in [0, 0.05) is 12.6 Å². The van der Waals surface area contributed by atoms with E-state index in [2.05, 4.69) is 10.4 Å². The Bertz CT molecular complexity index is 1150. The molecule has 1 aliphatic heterocycles. The number of ether oxygens (including phenoxy) is 2. The van der Waals surface area contributed by atoms with Crippen molar-refractivity contribution in [3.8, 4) is 28.6 Å². The van der Waals surface area contributed by atoms with E-state index in [9.17, 15) is 4.79 Å². The standard InChI is InChI=1S/C22H17N3O4/c26-22(23-13-15-8-9-20-21(11-15)29-14-28-20)18-12-17(19-7-4-10-27-19)24-25(18)16-5-2-1-3-6-16/h1-12H,13-14H2,(H,23,26). The maximum absolute atomic E-state index is 13.0. The topological polar surface area (TPSA) is 78.5 Å². The highest BCUT2D eigenvalue weighted by Crippen LogP contribution is 2.32. The third-order valence-corrected chi connectivity index (χ3v) is 4.61. The molecule has 144 valence electrons. The number of nitrogens with zero attached hydrogens (tertiary/aromatic N) is 2. The first kappa shape index (κ1) is 17.1. The van der Waals surface area contributed by atoms with Crippen molar-refractivity contribution in [1.29, 1.82) is 0 Å². The number of fused-ring (bicyclic) bond motifs is 1. The van der Waals surface area contributed by atoms with Crippen LogP contribution in [0.25, 0.3) is 17.1 Å². The van der Waals surface area contributed by atoms with Crippen molar-refractivity contribution in [3.63, 3.8) is 0 Å². The lowest BCUT2D eigenvalue weighted by Gasteiger charge is -2.09. The number of carbonyl (C=O) groups excluding carboxylic acids is 1. The van der Waals surface area contributed by atoms with Crippen molar-refractivity contribution in [2.45, 2.75) is 6.54 Å². The lowest BCUT2D eigenvalue weighted by molar-refractivity contribution is 0.0943. The Morgan fingerprint density at radius 3 is 2.69 bits per heavy atom. The lowest BCUT2D eigenvalue weighted by atomic mass is 10.2. The second-order valence-electron chi connectivity index (χ2n) is 6.51. The van der Waals surface area contributed by atoms with Gasteiger partial charge in [0.1, 0.15) is 11.4 Å². The van der Waals surface area contributed by atoms with Crippen LogP contribution in [0.1, 0.15) is 16.1 Å². The highest BCUT2D eigenvalue weighted by Gasteiger charge is 2.19. The summed E-state index contributed by atoms with van der Waals surface area (Å²) in [6, 6.07) is 20.4. The molecule has 0 fully saturated rings. The quantitative estimate of drug-likeness (QED) is 0.564. The third-order valence-electron chi connectivity index (χ3n) is 4.61. The minimum Gasteiger partial charge on any atom is -0.463 e. The zero-order chi connectivity index (χ0) is 19.6. The number of aromatic nitrogens is 2. The number of amides is 1. The Balaban J connectivity index is 1.42. The second-order valence-corrected chi connectivity index (χ2v) is 6.51. The molecule has 4 aromatic rings. The molecule has 7 nitrogen and oxygen atoms in total. The molecule has 1 aliphatic rings. The molecule has 3 heterocycles. The maximum Gasteiger partial charge on any atom is 0.270 e. The van der Waals surface area contributed by atoms with Crippen molar-refractivity contribution >= 4 is 5.91 Å². The predicted octanol–water partition coefficient (Wildman–Crippen LogP) is 3.79.